The van der Waals surface area contributed by atoms with Gasteiger partial charge in [0, 0.05) is 13.1 Å². The van der Waals surface area contributed by atoms with Crippen LogP contribution in [0.3, 0.4) is 0 Å². The van der Waals surface area contributed by atoms with Crippen molar-refractivity contribution in [1.29, 1.82) is 0 Å². The molecule has 0 heterocycles. The normalized spacial score (nSPS) is 11.9. The monoisotopic (exact) mass is 188 g/mol. The van der Waals surface area contributed by atoms with Gasteiger partial charge >= 0.3 is 0 Å². The molecule has 0 bridgehead atoms. The van der Waals surface area contributed by atoms with E-state index < -0.39 is 12.0 Å². The van der Waals surface area contributed by atoms with E-state index in [2.05, 4.69) is 10.6 Å². The van der Waals surface area contributed by atoms with Gasteiger partial charge < -0.3 is 15.7 Å². The summed E-state index contributed by atoms with van der Waals surface area (Å²) in [5, 5.41) is 14.1. The third kappa shape index (κ3) is 5.19. The summed E-state index contributed by atoms with van der Waals surface area (Å²) in [4.78, 5) is 21.9. The van der Waals surface area contributed by atoms with Crippen molar-refractivity contribution in [3.8, 4) is 0 Å². The van der Waals surface area contributed by atoms with Crippen LogP contribution in [-0.4, -0.2) is 36.1 Å². The number of rotatable bonds is 5. The fraction of sp³-hybridized carbons (Fsp3) is 0.750. The zero-order chi connectivity index (χ0) is 10.3. The molecule has 0 aliphatic rings. The SMILES string of the molecule is CCNC(=O)C[C@@H](O)C(=O)NCC. The minimum atomic E-state index is -1.24. The second kappa shape index (κ2) is 6.42. The van der Waals surface area contributed by atoms with Gasteiger partial charge in [0.25, 0.3) is 0 Å². The van der Waals surface area contributed by atoms with E-state index in [1.54, 1.807) is 13.8 Å². The highest BCUT2D eigenvalue weighted by Crippen LogP contribution is 1.91. The summed E-state index contributed by atoms with van der Waals surface area (Å²) in [5.41, 5.74) is 0. The number of aliphatic hydroxyl groups excluding tert-OH is 1. The molecule has 0 aromatic rings. The molecule has 0 saturated carbocycles. The molecule has 0 aromatic carbocycles. The third-order valence-electron chi connectivity index (χ3n) is 1.41. The number of nitrogens with one attached hydrogen (secondary N) is 2. The minimum Gasteiger partial charge on any atom is -0.383 e. The first-order valence-electron chi connectivity index (χ1n) is 4.34. The Balaban J connectivity index is 3.78. The van der Waals surface area contributed by atoms with Gasteiger partial charge in [-0.2, -0.15) is 0 Å². The molecular weight excluding hydrogens is 172 g/mol. The number of carbonyl (C=O) groups excluding carboxylic acids is 2. The lowest BCUT2D eigenvalue weighted by atomic mass is 10.2. The number of hydrogen-bond donors (Lipinski definition) is 3. The van der Waals surface area contributed by atoms with Crippen LogP contribution in [0.1, 0.15) is 20.3 Å². The summed E-state index contributed by atoms with van der Waals surface area (Å²) >= 11 is 0. The highest BCUT2D eigenvalue weighted by Gasteiger charge is 2.17. The van der Waals surface area contributed by atoms with E-state index in [1.807, 2.05) is 0 Å². The molecule has 5 nitrogen and oxygen atoms in total. The van der Waals surface area contributed by atoms with Crippen LogP contribution in [-0.2, 0) is 9.59 Å². The lowest BCUT2D eigenvalue weighted by Gasteiger charge is -2.09. The average molecular weight is 188 g/mol. The summed E-state index contributed by atoms with van der Waals surface area (Å²) in [6.45, 7) is 4.47. The predicted octanol–water partition coefficient (Wildman–Crippen LogP) is -0.990. The first kappa shape index (κ1) is 11.9. The summed E-state index contributed by atoms with van der Waals surface area (Å²) in [7, 11) is 0. The summed E-state index contributed by atoms with van der Waals surface area (Å²) in [6, 6.07) is 0. The molecule has 0 aliphatic carbocycles. The van der Waals surface area contributed by atoms with Crippen LogP contribution in [0.25, 0.3) is 0 Å². The van der Waals surface area contributed by atoms with Crippen LogP contribution in [0.2, 0.25) is 0 Å². The van der Waals surface area contributed by atoms with Gasteiger partial charge in [0.05, 0.1) is 6.42 Å². The van der Waals surface area contributed by atoms with E-state index in [-0.39, 0.29) is 12.3 Å². The zero-order valence-corrected chi connectivity index (χ0v) is 7.96. The van der Waals surface area contributed by atoms with Gasteiger partial charge in [0.2, 0.25) is 11.8 Å². The fourth-order valence-electron chi connectivity index (χ4n) is 0.830. The van der Waals surface area contributed by atoms with Crippen molar-refractivity contribution in [3.63, 3.8) is 0 Å². The number of amides is 2. The molecule has 0 saturated heterocycles. The van der Waals surface area contributed by atoms with Crippen LogP contribution in [0.5, 0.6) is 0 Å². The van der Waals surface area contributed by atoms with Crippen LogP contribution in [0, 0.1) is 0 Å². The second-order valence-electron chi connectivity index (χ2n) is 2.57. The molecule has 2 amide bonds. The van der Waals surface area contributed by atoms with Crippen molar-refractivity contribution in [3.05, 3.63) is 0 Å². The van der Waals surface area contributed by atoms with Crippen LogP contribution in [0.4, 0.5) is 0 Å². The van der Waals surface area contributed by atoms with Crippen molar-refractivity contribution in [2.75, 3.05) is 13.1 Å². The Kier molecular flexibility index (Phi) is 5.88. The Morgan fingerprint density at radius 3 is 2.23 bits per heavy atom. The van der Waals surface area contributed by atoms with E-state index in [9.17, 15) is 14.7 Å². The van der Waals surface area contributed by atoms with Crippen molar-refractivity contribution in [1.82, 2.24) is 10.6 Å². The molecule has 0 radical (unpaired) electrons. The van der Waals surface area contributed by atoms with E-state index in [0.29, 0.717) is 13.1 Å². The average Bonchev–Trinajstić information content (AvgIpc) is 2.05. The Bertz CT molecular complexity index is 182. The van der Waals surface area contributed by atoms with E-state index in [0.717, 1.165) is 0 Å². The maximum atomic E-state index is 10.9. The summed E-state index contributed by atoms with van der Waals surface area (Å²) in [6.07, 6.45) is -1.42. The van der Waals surface area contributed by atoms with Crippen molar-refractivity contribution < 1.29 is 14.7 Å². The second-order valence-corrected chi connectivity index (χ2v) is 2.57. The summed E-state index contributed by atoms with van der Waals surface area (Å²) < 4.78 is 0. The maximum absolute atomic E-state index is 10.9. The van der Waals surface area contributed by atoms with Gasteiger partial charge in [-0.05, 0) is 13.8 Å². The largest absolute Gasteiger partial charge is 0.383 e. The number of aliphatic hydroxyl groups is 1. The molecular formula is C8H16N2O3. The molecule has 0 aromatic heterocycles. The zero-order valence-electron chi connectivity index (χ0n) is 7.96. The molecule has 0 aliphatic heterocycles. The van der Waals surface area contributed by atoms with Gasteiger partial charge in [0.15, 0.2) is 0 Å². The van der Waals surface area contributed by atoms with Gasteiger partial charge in [-0.1, -0.05) is 0 Å². The van der Waals surface area contributed by atoms with E-state index in [1.165, 1.54) is 0 Å². The van der Waals surface area contributed by atoms with Gasteiger partial charge in [0.1, 0.15) is 6.10 Å². The molecule has 1 atom stereocenters. The Labute approximate surface area is 77.5 Å². The lowest BCUT2D eigenvalue weighted by molar-refractivity contribution is -0.134. The van der Waals surface area contributed by atoms with Crippen molar-refractivity contribution in [2.45, 2.75) is 26.4 Å². The number of carbonyl (C=O) groups is 2. The molecule has 3 N–H and O–H groups in total. The predicted molar refractivity (Wildman–Crippen MR) is 48.0 cm³/mol. The molecule has 0 fully saturated rings. The van der Waals surface area contributed by atoms with Crippen LogP contribution < -0.4 is 10.6 Å². The van der Waals surface area contributed by atoms with E-state index in [4.69, 9.17) is 0 Å². The molecule has 0 spiro atoms. The van der Waals surface area contributed by atoms with E-state index >= 15 is 0 Å². The Morgan fingerprint density at radius 1 is 1.23 bits per heavy atom. The van der Waals surface area contributed by atoms with Crippen molar-refractivity contribution in [2.24, 2.45) is 0 Å². The van der Waals surface area contributed by atoms with Crippen molar-refractivity contribution >= 4 is 11.8 Å². The standard InChI is InChI=1S/C8H16N2O3/c1-3-9-7(12)5-6(11)8(13)10-4-2/h6,11H,3-5H2,1-2H3,(H,9,12)(H,10,13)/t6-/m1/s1. The molecule has 5 heteroatoms. The fourth-order valence-corrected chi connectivity index (χ4v) is 0.830. The smallest absolute Gasteiger partial charge is 0.249 e. The first-order chi connectivity index (χ1) is 6.11. The van der Waals surface area contributed by atoms with Gasteiger partial charge in [-0.3, -0.25) is 9.59 Å². The maximum Gasteiger partial charge on any atom is 0.249 e. The van der Waals surface area contributed by atoms with Crippen LogP contribution >= 0.6 is 0 Å². The van der Waals surface area contributed by atoms with Gasteiger partial charge in [-0.15, -0.1) is 0 Å². The minimum absolute atomic E-state index is 0.181. The number of hydrogen-bond acceptors (Lipinski definition) is 3. The Morgan fingerprint density at radius 2 is 1.77 bits per heavy atom. The topological polar surface area (TPSA) is 78.4 Å². The first-order valence-corrected chi connectivity index (χ1v) is 4.34. The quantitative estimate of drug-likeness (QED) is 0.518. The number of likely N-dealkylation sites (N-methyl/N-ethyl adjacent to an activating group) is 1. The molecule has 13 heavy (non-hydrogen) atoms. The molecule has 76 valence electrons. The third-order valence-corrected chi connectivity index (χ3v) is 1.41. The van der Waals surface area contributed by atoms with Crippen LogP contribution in [0.15, 0.2) is 0 Å². The lowest BCUT2D eigenvalue weighted by Crippen LogP contribution is -2.38. The van der Waals surface area contributed by atoms with Gasteiger partial charge in [-0.25, -0.2) is 0 Å². The molecule has 0 unspecified atom stereocenters. The summed E-state index contributed by atoms with van der Waals surface area (Å²) in [5.74, 6) is -0.824. The molecule has 0 rings (SSSR count). The Hall–Kier alpha value is -1.10. The highest BCUT2D eigenvalue weighted by atomic mass is 16.3. The highest BCUT2D eigenvalue weighted by molar-refractivity contribution is 5.87.